The lowest BCUT2D eigenvalue weighted by Gasteiger charge is -2.18. The van der Waals surface area contributed by atoms with Gasteiger partial charge in [0.05, 0.1) is 0 Å². The average Bonchev–Trinajstić information content (AvgIpc) is 3.81. The summed E-state index contributed by atoms with van der Waals surface area (Å²) in [6.45, 7) is 0. The highest BCUT2D eigenvalue weighted by Crippen LogP contribution is 2.45. The van der Waals surface area contributed by atoms with Crippen molar-refractivity contribution < 1.29 is 8.83 Å². The van der Waals surface area contributed by atoms with Crippen molar-refractivity contribution in [3.63, 3.8) is 0 Å². The van der Waals surface area contributed by atoms with E-state index in [1.54, 1.807) is 0 Å². The summed E-state index contributed by atoms with van der Waals surface area (Å²) in [6, 6.07) is 65.6. The summed E-state index contributed by atoms with van der Waals surface area (Å²) in [5.74, 6) is 0. The van der Waals surface area contributed by atoms with Crippen LogP contribution in [0.2, 0.25) is 0 Å². The van der Waals surface area contributed by atoms with Gasteiger partial charge in [-0.25, -0.2) is 0 Å². The van der Waals surface area contributed by atoms with Crippen LogP contribution in [0.15, 0.2) is 191 Å². The Morgan fingerprint density at radius 1 is 0.259 bits per heavy atom. The molecular formula is C52H30O2. The van der Waals surface area contributed by atoms with Crippen molar-refractivity contribution in [1.82, 2.24) is 0 Å². The molecule has 0 N–H and O–H groups in total. The summed E-state index contributed by atoms with van der Waals surface area (Å²) in [4.78, 5) is 0. The van der Waals surface area contributed by atoms with Gasteiger partial charge in [-0.05, 0) is 120 Å². The number of fused-ring (bicyclic) bond motifs is 12. The van der Waals surface area contributed by atoms with Crippen molar-refractivity contribution in [2.75, 3.05) is 0 Å². The Bertz CT molecular complexity index is 3430. The van der Waals surface area contributed by atoms with Gasteiger partial charge in [0.25, 0.3) is 0 Å². The van der Waals surface area contributed by atoms with E-state index in [0.717, 1.165) is 65.8 Å². The van der Waals surface area contributed by atoms with Crippen LogP contribution in [0, 0.1) is 0 Å². The zero-order valence-electron chi connectivity index (χ0n) is 29.1. The summed E-state index contributed by atoms with van der Waals surface area (Å²) < 4.78 is 12.9. The summed E-state index contributed by atoms with van der Waals surface area (Å²) in [7, 11) is 0. The van der Waals surface area contributed by atoms with E-state index in [4.69, 9.17) is 8.83 Å². The van der Waals surface area contributed by atoms with Gasteiger partial charge < -0.3 is 8.83 Å². The Morgan fingerprint density at radius 2 is 0.778 bits per heavy atom. The van der Waals surface area contributed by atoms with Crippen LogP contribution in [0.4, 0.5) is 0 Å². The summed E-state index contributed by atoms with van der Waals surface area (Å²) >= 11 is 0. The molecule has 54 heavy (non-hydrogen) atoms. The lowest BCUT2D eigenvalue weighted by Crippen LogP contribution is -1.90. The standard InChI is InChI=1S/C52H30O2/c1-2-10-31(11-3-1)49-38-13-4-6-15-40(38)50(41-16-7-5-14-39(41)49)36-21-20-32-28-33(18-19-34(32)29-36)35-22-23-45-48(30-35)53-47-27-26-44-42(51(45)47)24-25-43-37-12-8-9-17-46(37)54-52(43)44/h1-30H. The summed E-state index contributed by atoms with van der Waals surface area (Å²) in [6.07, 6.45) is 0. The van der Waals surface area contributed by atoms with Gasteiger partial charge in [-0.3, -0.25) is 0 Å². The van der Waals surface area contributed by atoms with Crippen LogP contribution in [0.25, 0.3) is 120 Å². The molecule has 0 amide bonds. The van der Waals surface area contributed by atoms with Crippen molar-refractivity contribution in [3.05, 3.63) is 182 Å². The van der Waals surface area contributed by atoms with Crippen molar-refractivity contribution >= 4 is 87.0 Å². The van der Waals surface area contributed by atoms with E-state index in [1.807, 2.05) is 12.1 Å². The minimum Gasteiger partial charge on any atom is -0.456 e. The molecule has 0 radical (unpaired) electrons. The second-order valence-electron chi connectivity index (χ2n) is 14.4. The molecule has 0 spiro atoms. The van der Waals surface area contributed by atoms with Gasteiger partial charge in [0.15, 0.2) is 0 Å². The Balaban J connectivity index is 0.972. The topological polar surface area (TPSA) is 26.3 Å². The Hall–Kier alpha value is -7.16. The highest BCUT2D eigenvalue weighted by molar-refractivity contribution is 6.25. The van der Waals surface area contributed by atoms with Crippen LogP contribution in [0.5, 0.6) is 0 Å². The van der Waals surface area contributed by atoms with Crippen LogP contribution in [0.1, 0.15) is 0 Å². The molecule has 2 heteroatoms. The molecule has 12 aromatic rings. The van der Waals surface area contributed by atoms with Gasteiger partial charge in [0.2, 0.25) is 0 Å². The number of para-hydroxylation sites is 1. The second-order valence-corrected chi connectivity index (χ2v) is 14.4. The number of hydrogen-bond acceptors (Lipinski definition) is 2. The van der Waals surface area contributed by atoms with Gasteiger partial charge in [-0.15, -0.1) is 0 Å². The highest BCUT2D eigenvalue weighted by atomic mass is 16.3. The summed E-state index contributed by atoms with van der Waals surface area (Å²) in [5, 5.41) is 14.2. The predicted molar refractivity (Wildman–Crippen MR) is 227 cm³/mol. The number of benzene rings is 10. The van der Waals surface area contributed by atoms with Crippen LogP contribution in [-0.2, 0) is 0 Å². The van der Waals surface area contributed by atoms with Crippen LogP contribution in [-0.4, -0.2) is 0 Å². The Morgan fingerprint density at radius 3 is 1.52 bits per heavy atom. The zero-order valence-corrected chi connectivity index (χ0v) is 29.1. The van der Waals surface area contributed by atoms with Crippen LogP contribution in [0.3, 0.4) is 0 Å². The van der Waals surface area contributed by atoms with Gasteiger partial charge in [-0.2, -0.15) is 0 Å². The third kappa shape index (κ3) is 4.22. The molecule has 0 aliphatic heterocycles. The maximum atomic E-state index is 6.52. The van der Waals surface area contributed by atoms with Crippen molar-refractivity contribution in [1.29, 1.82) is 0 Å². The van der Waals surface area contributed by atoms with Gasteiger partial charge in [0, 0.05) is 26.9 Å². The van der Waals surface area contributed by atoms with E-state index in [-0.39, 0.29) is 0 Å². The molecular weight excluding hydrogens is 657 g/mol. The second kappa shape index (κ2) is 11.2. The molecule has 250 valence electrons. The molecule has 0 unspecified atom stereocenters. The van der Waals surface area contributed by atoms with E-state index >= 15 is 0 Å². The molecule has 0 bridgehead atoms. The number of furan rings is 2. The summed E-state index contributed by atoms with van der Waals surface area (Å²) in [5.41, 5.74) is 10.9. The quantitative estimate of drug-likeness (QED) is 0.173. The average molecular weight is 687 g/mol. The first kappa shape index (κ1) is 29.4. The number of rotatable bonds is 3. The Kier molecular flexibility index (Phi) is 6.09. The fourth-order valence-electron chi connectivity index (χ4n) is 8.98. The van der Waals surface area contributed by atoms with E-state index in [0.29, 0.717) is 0 Å². The fraction of sp³-hybridized carbons (Fsp3) is 0. The molecule has 0 saturated heterocycles. The van der Waals surface area contributed by atoms with Crippen molar-refractivity contribution in [3.8, 4) is 33.4 Å². The van der Waals surface area contributed by atoms with E-state index < -0.39 is 0 Å². The van der Waals surface area contributed by atoms with E-state index in [2.05, 4.69) is 170 Å². The first-order chi connectivity index (χ1) is 26.8. The molecule has 2 nitrogen and oxygen atoms in total. The number of hydrogen-bond donors (Lipinski definition) is 0. The van der Waals surface area contributed by atoms with Gasteiger partial charge in [0.1, 0.15) is 22.3 Å². The minimum absolute atomic E-state index is 0.882. The predicted octanol–water partition coefficient (Wildman–Crippen LogP) is 15.1. The molecule has 0 aliphatic rings. The van der Waals surface area contributed by atoms with E-state index in [9.17, 15) is 0 Å². The minimum atomic E-state index is 0.882. The highest BCUT2D eigenvalue weighted by Gasteiger charge is 2.18. The normalized spacial score (nSPS) is 12.1. The smallest absolute Gasteiger partial charge is 0.143 e. The molecule has 0 saturated carbocycles. The fourth-order valence-corrected chi connectivity index (χ4v) is 8.98. The molecule has 12 rings (SSSR count). The van der Waals surface area contributed by atoms with Gasteiger partial charge >= 0.3 is 0 Å². The molecule has 0 aliphatic carbocycles. The molecule has 2 aromatic heterocycles. The molecule has 0 atom stereocenters. The van der Waals surface area contributed by atoms with Crippen molar-refractivity contribution in [2.45, 2.75) is 0 Å². The molecule has 2 heterocycles. The first-order valence-corrected chi connectivity index (χ1v) is 18.5. The lowest BCUT2D eigenvalue weighted by atomic mass is 9.85. The van der Waals surface area contributed by atoms with Crippen LogP contribution >= 0.6 is 0 Å². The van der Waals surface area contributed by atoms with E-state index in [1.165, 1.54) is 54.6 Å². The maximum Gasteiger partial charge on any atom is 0.143 e. The largest absolute Gasteiger partial charge is 0.456 e. The lowest BCUT2D eigenvalue weighted by molar-refractivity contribution is 0.669. The van der Waals surface area contributed by atoms with Gasteiger partial charge in [-0.1, -0.05) is 133 Å². The maximum absolute atomic E-state index is 6.52. The monoisotopic (exact) mass is 686 g/mol. The Labute approximate surface area is 310 Å². The third-order valence-corrected chi connectivity index (χ3v) is 11.4. The SMILES string of the molecule is c1ccc(-c2c3ccccc3c(-c3ccc4cc(-c5ccc6c(c5)oc5ccc7c(ccc8c9ccccc9oc87)c56)ccc4c3)c3ccccc23)cc1. The molecule has 0 fully saturated rings. The van der Waals surface area contributed by atoms with Crippen LogP contribution < -0.4 is 0 Å². The van der Waals surface area contributed by atoms with Crippen molar-refractivity contribution in [2.24, 2.45) is 0 Å². The first-order valence-electron chi connectivity index (χ1n) is 18.5. The zero-order chi connectivity index (χ0) is 35.3. The molecule has 10 aromatic carbocycles. The third-order valence-electron chi connectivity index (χ3n) is 11.4.